The first-order valence-corrected chi connectivity index (χ1v) is 4.58. The average Bonchev–Trinajstić information content (AvgIpc) is 1.87. The van der Waals surface area contributed by atoms with E-state index in [9.17, 15) is 0 Å². The molecule has 0 aromatic carbocycles. The lowest BCUT2D eigenvalue weighted by molar-refractivity contribution is 0.178. The van der Waals surface area contributed by atoms with E-state index in [-0.39, 0.29) is 0 Å². The van der Waals surface area contributed by atoms with Gasteiger partial charge < -0.3 is 5.32 Å². The molecule has 0 aliphatic heterocycles. The van der Waals surface area contributed by atoms with E-state index in [4.69, 9.17) is 0 Å². The third kappa shape index (κ3) is 1.51. The van der Waals surface area contributed by atoms with E-state index < -0.39 is 0 Å². The van der Waals surface area contributed by atoms with Crippen LogP contribution in [0.15, 0.2) is 0 Å². The van der Waals surface area contributed by atoms with Crippen LogP contribution in [0.25, 0.3) is 0 Å². The molecule has 1 aliphatic carbocycles. The van der Waals surface area contributed by atoms with Gasteiger partial charge in [-0.2, -0.15) is 0 Å². The van der Waals surface area contributed by atoms with Crippen molar-refractivity contribution in [2.45, 2.75) is 51.5 Å². The van der Waals surface area contributed by atoms with E-state index in [0.29, 0.717) is 5.54 Å². The summed E-state index contributed by atoms with van der Waals surface area (Å²) in [6.07, 6.45) is 6.83. The Labute approximate surface area is 64.2 Å². The van der Waals surface area contributed by atoms with Gasteiger partial charge in [0.05, 0.1) is 0 Å². The lowest BCUT2D eigenvalue weighted by atomic mass is 9.75. The molecule has 0 unspecified atom stereocenters. The zero-order valence-corrected chi connectivity index (χ0v) is 7.24. The quantitative estimate of drug-likeness (QED) is 0.633. The highest BCUT2D eigenvalue weighted by Crippen LogP contribution is 2.34. The van der Waals surface area contributed by atoms with E-state index in [1.807, 2.05) is 0 Å². The van der Waals surface area contributed by atoms with Gasteiger partial charge in [-0.15, -0.1) is 0 Å². The van der Waals surface area contributed by atoms with Crippen LogP contribution < -0.4 is 5.32 Å². The van der Waals surface area contributed by atoms with Crippen LogP contribution in [0.5, 0.6) is 0 Å². The predicted molar refractivity (Wildman–Crippen MR) is 45.2 cm³/mol. The van der Waals surface area contributed by atoms with Crippen LogP contribution in [-0.4, -0.2) is 12.1 Å². The van der Waals surface area contributed by atoms with Crippen molar-refractivity contribution in [2.75, 3.05) is 6.54 Å². The highest BCUT2D eigenvalue weighted by molar-refractivity contribution is 4.94. The largest absolute Gasteiger partial charge is 0.311 e. The summed E-state index contributed by atoms with van der Waals surface area (Å²) in [4.78, 5) is 0. The Morgan fingerprint density at radius 2 is 2.00 bits per heavy atom. The fourth-order valence-corrected chi connectivity index (χ4v) is 1.65. The lowest BCUT2D eigenvalue weighted by Crippen LogP contribution is -2.50. The highest BCUT2D eigenvalue weighted by atomic mass is 15.0. The summed E-state index contributed by atoms with van der Waals surface area (Å²) in [6, 6.07) is 0. The Balaban J connectivity index is 2.20. The van der Waals surface area contributed by atoms with Crippen molar-refractivity contribution in [2.24, 2.45) is 0 Å². The molecule has 0 atom stereocenters. The van der Waals surface area contributed by atoms with Gasteiger partial charge in [-0.05, 0) is 38.6 Å². The zero-order chi connectivity index (χ0) is 7.45. The predicted octanol–water partition coefficient (Wildman–Crippen LogP) is 2.32. The van der Waals surface area contributed by atoms with E-state index in [1.54, 1.807) is 0 Å². The molecule has 0 saturated heterocycles. The molecule has 1 fully saturated rings. The molecular formula is C9H19N. The van der Waals surface area contributed by atoms with Crippen molar-refractivity contribution in [3.63, 3.8) is 0 Å². The minimum Gasteiger partial charge on any atom is -0.311 e. The first kappa shape index (κ1) is 8.06. The van der Waals surface area contributed by atoms with Gasteiger partial charge in [-0.25, -0.2) is 0 Å². The minimum atomic E-state index is 0.565. The van der Waals surface area contributed by atoms with Crippen LogP contribution in [0.1, 0.15) is 46.0 Å². The van der Waals surface area contributed by atoms with Crippen LogP contribution in [-0.2, 0) is 0 Å². The Kier molecular flexibility index (Phi) is 2.72. The standard InChI is InChI=1S/C9H19N/c1-3-8-10-9(4-2)6-5-7-9/h10H,3-8H2,1-2H3. The molecule has 1 rings (SSSR count). The molecule has 10 heavy (non-hydrogen) atoms. The third-order valence-electron chi connectivity index (χ3n) is 2.74. The number of nitrogens with one attached hydrogen (secondary N) is 1. The summed E-state index contributed by atoms with van der Waals surface area (Å²) < 4.78 is 0. The van der Waals surface area contributed by atoms with Gasteiger partial charge >= 0.3 is 0 Å². The second kappa shape index (κ2) is 3.38. The SMILES string of the molecule is CCCNC1(CC)CCC1. The maximum atomic E-state index is 3.63. The summed E-state index contributed by atoms with van der Waals surface area (Å²) in [5.41, 5.74) is 0.565. The Morgan fingerprint density at radius 1 is 1.30 bits per heavy atom. The smallest absolute Gasteiger partial charge is 0.0178 e. The lowest BCUT2D eigenvalue weighted by Gasteiger charge is -2.42. The van der Waals surface area contributed by atoms with Crippen molar-refractivity contribution in [3.05, 3.63) is 0 Å². The van der Waals surface area contributed by atoms with Crippen molar-refractivity contribution in [3.8, 4) is 0 Å². The Morgan fingerprint density at radius 3 is 2.30 bits per heavy atom. The molecule has 0 spiro atoms. The van der Waals surface area contributed by atoms with Gasteiger partial charge in [0.15, 0.2) is 0 Å². The Bertz CT molecular complexity index is 89.4. The van der Waals surface area contributed by atoms with Crippen LogP contribution in [0.3, 0.4) is 0 Å². The first-order chi connectivity index (χ1) is 4.83. The van der Waals surface area contributed by atoms with E-state index in [2.05, 4.69) is 19.2 Å². The van der Waals surface area contributed by atoms with Gasteiger partial charge in [0.1, 0.15) is 0 Å². The molecule has 0 aromatic rings. The first-order valence-electron chi connectivity index (χ1n) is 4.58. The number of hydrogen-bond donors (Lipinski definition) is 1. The van der Waals surface area contributed by atoms with Gasteiger partial charge in [0, 0.05) is 5.54 Å². The molecule has 0 bridgehead atoms. The van der Waals surface area contributed by atoms with Gasteiger partial charge in [-0.3, -0.25) is 0 Å². The molecule has 1 saturated carbocycles. The molecule has 0 aromatic heterocycles. The van der Waals surface area contributed by atoms with Crippen LogP contribution in [0.2, 0.25) is 0 Å². The monoisotopic (exact) mass is 141 g/mol. The van der Waals surface area contributed by atoms with Crippen LogP contribution in [0.4, 0.5) is 0 Å². The summed E-state index contributed by atoms with van der Waals surface area (Å²) in [7, 11) is 0. The topological polar surface area (TPSA) is 12.0 Å². The van der Waals surface area contributed by atoms with Crippen molar-refractivity contribution >= 4 is 0 Å². The second-order valence-corrected chi connectivity index (χ2v) is 3.41. The Hall–Kier alpha value is -0.0400. The molecule has 0 amide bonds. The average molecular weight is 141 g/mol. The van der Waals surface area contributed by atoms with Crippen LogP contribution >= 0.6 is 0 Å². The zero-order valence-electron chi connectivity index (χ0n) is 7.24. The molecule has 1 aliphatic rings. The summed E-state index contributed by atoms with van der Waals surface area (Å²) in [5, 5.41) is 3.63. The molecule has 0 radical (unpaired) electrons. The molecular weight excluding hydrogens is 122 g/mol. The van der Waals surface area contributed by atoms with Gasteiger partial charge in [0.25, 0.3) is 0 Å². The molecule has 1 nitrogen and oxygen atoms in total. The van der Waals surface area contributed by atoms with Crippen molar-refractivity contribution < 1.29 is 0 Å². The van der Waals surface area contributed by atoms with Crippen molar-refractivity contribution in [1.29, 1.82) is 0 Å². The maximum absolute atomic E-state index is 3.63. The van der Waals surface area contributed by atoms with Crippen molar-refractivity contribution in [1.82, 2.24) is 5.32 Å². The van der Waals surface area contributed by atoms with Gasteiger partial charge in [-0.1, -0.05) is 13.8 Å². The minimum absolute atomic E-state index is 0.565. The molecule has 1 heteroatoms. The molecule has 1 N–H and O–H groups in total. The normalized spacial score (nSPS) is 22.2. The number of rotatable bonds is 4. The molecule has 0 heterocycles. The van der Waals surface area contributed by atoms with Gasteiger partial charge in [0.2, 0.25) is 0 Å². The summed E-state index contributed by atoms with van der Waals surface area (Å²) in [5.74, 6) is 0. The van der Waals surface area contributed by atoms with E-state index >= 15 is 0 Å². The second-order valence-electron chi connectivity index (χ2n) is 3.41. The maximum Gasteiger partial charge on any atom is 0.0178 e. The van der Waals surface area contributed by atoms with E-state index in [1.165, 1.54) is 38.6 Å². The highest BCUT2D eigenvalue weighted by Gasteiger charge is 2.33. The third-order valence-corrected chi connectivity index (χ3v) is 2.74. The fourth-order valence-electron chi connectivity index (χ4n) is 1.65. The molecule has 60 valence electrons. The fraction of sp³-hybridized carbons (Fsp3) is 1.00. The summed E-state index contributed by atoms with van der Waals surface area (Å²) in [6.45, 7) is 5.73. The van der Waals surface area contributed by atoms with Crippen LogP contribution in [0, 0.1) is 0 Å². The summed E-state index contributed by atoms with van der Waals surface area (Å²) >= 11 is 0. The van der Waals surface area contributed by atoms with E-state index in [0.717, 1.165) is 0 Å². The number of hydrogen-bond acceptors (Lipinski definition) is 1.